The zero-order valence-electron chi connectivity index (χ0n) is 31.5. The maximum Gasteiger partial charge on any atom is 0.430 e. The number of carboxylic acid groups (broad SMARTS) is 1. The minimum atomic E-state index is -5.19. The van der Waals surface area contributed by atoms with Gasteiger partial charge < -0.3 is 34.1 Å². The Hall–Kier alpha value is -3.25. The molecule has 2 saturated heterocycles. The third-order valence-electron chi connectivity index (χ3n) is 9.56. The molecule has 0 radical (unpaired) electrons. The fourth-order valence-electron chi connectivity index (χ4n) is 6.49. The maximum atomic E-state index is 14.1. The van der Waals surface area contributed by atoms with E-state index >= 15 is 0 Å². The number of halogens is 5. The highest BCUT2D eigenvalue weighted by Gasteiger charge is 2.47. The smallest absolute Gasteiger partial charge is 0.430 e. The van der Waals surface area contributed by atoms with Gasteiger partial charge in [-0.05, 0) is 81.8 Å². The molecule has 3 heterocycles. The first-order valence-corrected chi connectivity index (χ1v) is 20.0. The third kappa shape index (κ3) is 11.9. The number of piperidine rings is 1. The van der Waals surface area contributed by atoms with Crippen molar-refractivity contribution in [3.63, 3.8) is 0 Å². The van der Waals surface area contributed by atoms with Crippen LogP contribution in [0.4, 0.5) is 13.2 Å². The number of alkyl halides is 3. The normalized spacial score (nSPS) is 16.7. The average Bonchev–Trinajstić information content (AvgIpc) is 3.09. The molecular formula is C37H48Cl2F3N5O7S. The van der Waals surface area contributed by atoms with Crippen LogP contribution < -0.4 is 19.9 Å². The van der Waals surface area contributed by atoms with Gasteiger partial charge in [0.05, 0.1) is 32.7 Å². The van der Waals surface area contributed by atoms with E-state index in [0.29, 0.717) is 35.8 Å². The van der Waals surface area contributed by atoms with Crippen LogP contribution in [0.2, 0.25) is 10.0 Å². The molecule has 304 valence electrons. The molecule has 2 aliphatic rings. The number of nitrogens with one attached hydrogen (secondary N) is 2. The fraction of sp³-hybridized carbons (Fsp3) is 0.541. The Bertz CT molecular complexity index is 1950. The van der Waals surface area contributed by atoms with Crippen LogP contribution in [0.25, 0.3) is 10.9 Å². The first-order chi connectivity index (χ1) is 25.6. The van der Waals surface area contributed by atoms with Gasteiger partial charge >= 0.3 is 6.18 Å². The predicted octanol–water partition coefficient (Wildman–Crippen LogP) is 4.40. The number of aliphatic carboxylic acids is 1. The van der Waals surface area contributed by atoms with Gasteiger partial charge in [0.25, 0.3) is 0 Å². The Labute approximate surface area is 329 Å². The largest absolute Gasteiger partial charge is 0.542 e. The Morgan fingerprint density at radius 3 is 2.33 bits per heavy atom. The minimum Gasteiger partial charge on any atom is -0.542 e. The highest BCUT2D eigenvalue weighted by atomic mass is 35.5. The number of hydrogen-bond acceptors (Lipinski definition) is 9. The monoisotopic (exact) mass is 833 g/mol. The number of benzene rings is 2. The summed E-state index contributed by atoms with van der Waals surface area (Å²) in [6, 6.07) is 10.5. The molecular weight excluding hydrogens is 786 g/mol. The number of likely N-dealkylation sites (tertiary alicyclic amines) is 1. The molecule has 0 bridgehead atoms. The van der Waals surface area contributed by atoms with Crippen LogP contribution in [0.3, 0.4) is 0 Å². The average molecular weight is 835 g/mol. The number of carbonyl (C=O) groups excluding carboxylic acids is 2. The summed E-state index contributed by atoms with van der Waals surface area (Å²) in [5.74, 6) is -2.22. The van der Waals surface area contributed by atoms with E-state index in [4.69, 9.17) is 42.6 Å². The molecule has 2 fully saturated rings. The quantitative estimate of drug-likeness (QED) is 0.200. The second kappa shape index (κ2) is 18.3. The van der Waals surface area contributed by atoms with Crippen LogP contribution in [-0.2, 0) is 31.0 Å². The molecule has 0 saturated carbocycles. The van der Waals surface area contributed by atoms with Crippen molar-refractivity contribution in [2.24, 2.45) is 5.92 Å². The number of hydrogen-bond donors (Lipinski definition) is 2. The molecule has 55 heavy (non-hydrogen) atoms. The SMILES string of the molecule is Cc1cc(C)c2cccc(OCc3c(Cl)ccc(S(=O)(=O)NC4(C(=O)N5CCC(CNCC[N+](C)(C)C)CC5)CCOCC4)c3Cl)c2n1.O=C([O-])C(F)(F)F. The van der Waals surface area contributed by atoms with Crippen molar-refractivity contribution < 1.29 is 50.2 Å². The highest BCUT2D eigenvalue weighted by Crippen LogP contribution is 2.36. The summed E-state index contributed by atoms with van der Waals surface area (Å²) < 4.78 is 75.1. The number of sulfonamides is 1. The van der Waals surface area contributed by atoms with Gasteiger partial charge in [-0.2, -0.15) is 17.9 Å². The predicted molar refractivity (Wildman–Crippen MR) is 201 cm³/mol. The fourth-order valence-corrected chi connectivity index (χ4v) is 8.80. The molecule has 2 aromatic carbocycles. The summed E-state index contributed by atoms with van der Waals surface area (Å²) in [5, 5.41) is 13.5. The van der Waals surface area contributed by atoms with Gasteiger partial charge in [0, 0.05) is 54.5 Å². The summed E-state index contributed by atoms with van der Waals surface area (Å²) in [6.45, 7) is 8.44. The number of pyridine rings is 1. The van der Waals surface area contributed by atoms with Crippen molar-refractivity contribution in [3.8, 4) is 5.75 Å². The lowest BCUT2D eigenvalue weighted by molar-refractivity contribution is -0.869. The molecule has 1 amide bonds. The van der Waals surface area contributed by atoms with Crippen molar-refractivity contribution in [1.82, 2.24) is 19.9 Å². The molecule has 0 aliphatic carbocycles. The van der Waals surface area contributed by atoms with E-state index in [2.05, 4.69) is 36.2 Å². The van der Waals surface area contributed by atoms with Gasteiger partial charge in [0.2, 0.25) is 15.9 Å². The van der Waals surface area contributed by atoms with E-state index in [0.717, 1.165) is 53.6 Å². The van der Waals surface area contributed by atoms with Gasteiger partial charge in [0.15, 0.2) is 0 Å². The van der Waals surface area contributed by atoms with Crippen LogP contribution >= 0.6 is 23.2 Å². The second-order valence-electron chi connectivity index (χ2n) is 14.9. The zero-order chi connectivity index (χ0) is 40.8. The topological polar surface area (TPSA) is 150 Å². The number of fused-ring (bicyclic) bond motifs is 1. The number of para-hydroxylation sites is 1. The summed E-state index contributed by atoms with van der Waals surface area (Å²) >= 11 is 13.3. The number of rotatable bonds is 12. The van der Waals surface area contributed by atoms with Crippen LogP contribution in [0.15, 0.2) is 41.3 Å². The van der Waals surface area contributed by atoms with Gasteiger partial charge in [-0.25, -0.2) is 13.4 Å². The minimum absolute atomic E-state index is 0.0520. The Kier molecular flexibility index (Phi) is 14.8. The first-order valence-electron chi connectivity index (χ1n) is 17.8. The number of ether oxygens (including phenoxy) is 2. The molecule has 0 atom stereocenters. The van der Waals surface area contributed by atoms with Gasteiger partial charge in [0.1, 0.15) is 34.3 Å². The van der Waals surface area contributed by atoms with Crippen LogP contribution in [0, 0.1) is 19.8 Å². The van der Waals surface area contributed by atoms with E-state index in [-0.39, 0.29) is 53.5 Å². The van der Waals surface area contributed by atoms with Crippen LogP contribution in [0.5, 0.6) is 5.75 Å². The number of aryl methyl sites for hydroxylation is 2. The van der Waals surface area contributed by atoms with Crippen molar-refractivity contribution >= 4 is 56.0 Å². The summed E-state index contributed by atoms with van der Waals surface area (Å²) in [6.07, 6.45) is -3.02. The number of quaternary nitrogens is 1. The molecule has 18 heteroatoms. The van der Waals surface area contributed by atoms with Crippen molar-refractivity contribution in [2.45, 2.75) is 62.7 Å². The molecule has 3 aromatic rings. The lowest BCUT2D eigenvalue weighted by atomic mass is 9.88. The van der Waals surface area contributed by atoms with Gasteiger partial charge in [-0.3, -0.25) is 4.79 Å². The Morgan fingerprint density at radius 2 is 1.73 bits per heavy atom. The number of nitrogens with zero attached hydrogens (tertiary/aromatic N) is 3. The molecule has 2 aliphatic heterocycles. The maximum absolute atomic E-state index is 14.1. The standard InChI is InChI=1S/C35H48Cl2N5O5S.C2HF3O2/c1-24-21-25(2)39-33-27(24)7-6-8-30(33)47-23-28-29(36)9-10-31(32(28)37)48(44,45)40-35(13-19-46-20-14-35)34(43)41-16-11-26(12-17-41)22-38-15-18-42(3,4)5;3-2(4,5)1(6)7/h6-10,21,26,38,40H,11-20,22-23H2,1-5H3;(H,6,7)/q+1;/p-1. The van der Waals surface area contributed by atoms with E-state index in [1.54, 1.807) is 4.90 Å². The van der Waals surface area contributed by atoms with Gasteiger partial charge in [-0.1, -0.05) is 35.3 Å². The van der Waals surface area contributed by atoms with Crippen LogP contribution in [-0.4, -0.2) is 113 Å². The summed E-state index contributed by atoms with van der Waals surface area (Å²) in [4.78, 5) is 29.2. The molecule has 0 spiro atoms. The molecule has 5 rings (SSSR count). The molecule has 1 aromatic heterocycles. The first kappa shape index (κ1) is 44.5. The van der Waals surface area contributed by atoms with E-state index < -0.39 is 27.7 Å². The van der Waals surface area contributed by atoms with Crippen molar-refractivity contribution in [3.05, 3.63) is 63.3 Å². The Balaban J connectivity index is 0.000000876. The summed E-state index contributed by atoms with van der Waals surface area (Å²) in [7, 11) is 2.26. The number of carbonyl (C=O) groups is 2. The highest BCUT2D eigenvalue weighted by molar-refractivity contribution is 7.89. The van der Waals surface area contributed by atoms with Crippen molar-refractivity contribution in [2.75, 3.05) is 67.1 Å². The number of aromatic nitrogens is 1. The molecule has 12 nitrogen and oxygen atoms in total. The van der Waals surface area contributed by atoms with E-state index in [9.17, 15) is 26.4 Å². The molecule has 0 unspecified atom stereocenters. The van der Waals surface area contributed by atoms with Gasteiger partial charge in [-0.15, -0.1) is 0 Å². The summed E-state index contributed by atoms with van der Waals surface area (Å²) in [5.41, 5.74) is 1.62. The zero-order valence-corrected chi connectivity index (χ0v) is 33.9. The van der Waals surface area contributed by atoms with Crippen LogP contribution in [0.1, 0.15) is 42.5 Å². The lowest BCUT2D eigenvalue weighted by Gasteiger charge is -2.42. The van der Waals surface area contributed by atoms with Crippen molar-refractivity contribution in [1.29, 1.82) is 0 Å². The second-order valence-corrected chi connectivity index (χ2v) is 17.3. The number of likely N-dealkylation sites (N-methyl/N-ethyl adjacent to an activating group) is 1. The Morgan fingerprint density at radius 1 is 1.09 bits per heavy atom. The number of amides is 1. The molecule has 2 N–H and O–H groups in total. The lowest BCUT2D eigenvalue weighted by Crippen LogP contribution is -2.62. The van der Waals surface area contributed by atoms with E-state index in [1.165, 1.54) is 12.1 Å². The number of carboxylic acids is 1. The third-order valence-corrected chi connectivity index (χ3v) is 12.0. The van der Waals surface area contributed by atoms with E-state index in [1.807, 2.05) is 38.1 Å².